The lowest BCUT2D eigenvalue weighted by Crippen LogP contribution is -2.50. The van der Waals surface area contributed by atoms with Crippen molar-refractivity contribution in [1.29, 1.82) is 0 Å². The van der Waals surface area contributed by atoms with Gasteiger partial charge in [0, 0.05) is 173 Å². The van der Waals surface area contributed by atoms with Gasteiger partial charge in [0.25, 0.3) is 0 Å². The summed E-state index contributed by atoms with van der Waals surface area (Å²) in [6, 6.07) is 53.5. The highest BCUT2D eigenvalue weighted by Crippen LogP contribution is 2.39. The molecule has 3 saturated heterocycles. The number of amides is 5. The number of nitrogens with zero attached hydrogens (tertiary/aromatic N) is 26. The summed E-state index contributed by atoms with van der Waals surface area (Å²) in [5, 5.41) is 26.7. The van der Waals surface area contributed by atoms with Crippen LogP contribution in [-0.4, -0.2) is 240 Å². The van der Waals surface area contributed by atoms with E-state index in [1.165, 1.54) is 111 Å². The molecular formula is C104H90F7N27O5S4. The van der Waals surface area contributed by atoms with Crippen LogP contribution in [-0.2, 0) is 69.4 Å². The van der Waals surface area contributed by atoms with Crippen LogP contribution in [0.4, 0.5) is 53.3 Å². The fourth-order valence-electron chi connectivity index (χ4n) is 17.6. The number of hydrogen-bond acceptors (Lipinski definition) is 27. The lowest BCUT2D eigenvalue weighted by atomic mass is 10.1. The van der Waals surface area contributed by atoms with Gasteiger partial charge in [0.15, 0.2) is 51.7 Å². The lowest BCUT2D eigenvalue weighted by Gasteiger charge is -2.36. The van der Waals surface area contributed by atoms with Crippen LogP contribution in [0.3, 0.4) is 0 Å². The summed E-state index contributed by atoms with van der Waals surface area (Å²) in [7, 11) is 0. The summed E-state index contributed by atoms with van der Waals surface area (Å²) >= 11 is 6.43. The first kappa shape index (κ1) is 98.1. The smallest absolute Gasteiger partial charge is 0.244 e. The number of nitrogens with one attached hydrogen (secondary N) is 1. The predicted molar refractivity (Wildman–Crippen MR) is 546 cm³/mol. The molecule has 8 aromatic carbocycles. The molecule has 32 nitrogen and oxygen atoms in total. The molecule has 147 heavy (non-hydrogen) atoms. The monoisotopic (exact) mass is 2060 g/mol. The van der Waals surface area contributed by atoms with Gasteiger partial charge in [-0.25, -0.2) is 104 Å². The standard InChI is InChI=1S/C26H23F2N7OS.2C26H21F2N7OS.C26H25FN6O2S/c2*27-19-5-1-17(2-6-19)24-31-25(18-3-7-20(28)8-4-18)35(32-24)15-22(36)33-10-12-34(13-11-33)26-23-21(9-14-37-23)29-16-30-26;27-19-5-1-17(2-6-19)23-31-24(18-3-7-20(28)8-4-18)35(32-23)15-22(36)33-10-12-34(13-11-33)25-21-9-14-37-26(21)30-16-29-25;1-16-14-19(8-9-20(16)27)24-30-25(18-6-4-3-5-7-18)33(31-24)15-23(35)32-12-10-21-22(11-13-32)36-26(29-21)28-17(2)34/h1-8,16H,9-15H2;2*1-9,14,16H,10-13,15H2;3-9,14H,10-13,15H2,1-2H3,(H,28,29,34). The molecule has 0 spiro atoms. The lowest BCUT2D eigenvalue weighted by molar-refractivity contribution is -0.133. The molecule has 18 aromatic rings. The van der Waals surface area contributed by atoms with Crippen molar-refractivity contribution in [2.75, 3.05) is 117 Å². The number of fused-ring (bicyclic) bond motifs is 4. The Kier molecular flexibility index (Phi) is 29.5. The third-order valence-electron chi connectivity index (χ3n) is 25.2. The maximum absolute atomic E-state index is 13.8. The van der Waals surface area contributed by atoms with Crippen molar-refractivity contribution in [3.8, 4) is 91.1 Å². The number of carbonyl (C=O) groups is 5. The van der Waals surface area contributed by atoms with Gasteiger partial charge in [-0.05, 0) is 199 Å². The SMILES string of the molecule is CC(=O)Nc1nc2c(s1)CCN(C(=O)Cn1nc(-c3ccc(F)c(C)c3)nc1-c1ccccc1)CC2.O=C(Cn1nc(-c2ccc(F)cc2)nc1-c1ccc(F)cc1)N1CCN(c2ncnc3c2SCC3)CC1.O=C(Cn1nc(-c2ccc(F)cc2)nc1-c1ccc(F)cc1)N1CCN(c2ncnc3ccsc23)CC1.O=C(Cn1nc(-c2ccc(F)cc2)nc1-c1ccc(F)cc1)N1CCN(c2ncnc3sccc23)CC1. The van der Waals surface area contributed by atoms with Crippen molar-refractivity contribution in [2.24, 2.45) is 0 Å². The van der Waals surface area contributed by atoms with E-state index in [1.807, 2.05) is 63.0 Å². The van der Waals surface area contributed by atoms with Crippen LogP contribution in [0.5, 0.6) is 0 Å². The van der Waals surface area contributed by atoms with E-state index in [0.717, 1.165) is 76.8 Å². The van der Waals surface area contributed by atoms with Crippen LogP contribution in [0.1, 0.15) is 28.8 Å². The Morgan fingerprint density at radius 3 is 1.19 bits per heavy atom. The molecular weight excluding hydrogens is 1970 g/mol. The molecule has 0 aliphatic carbocycles. The first-order valence-corrected chi connectivity index (χ1v) is 50.7. The van der Waals surface area contributed by atoms with Crippen molar-refractivity contribution in [3.05, 3.63) is 299 Å². The molecule has 0 atom stereocenters. The molecule has 0 saturated carbocycles. The zero-order valence-corrected chi connectivity index (χ0v) is 82.3. The van der Waals surface area contributed by atoms with Crippen LogP contribution in [0.15, 0.2) is 241 Å². The third-order valence-corrected chi connectivity index (χ3v) is 29.1. The highest BCUT2D eigenvalue weighted by atomic mass is 32.2. The average Bonchev–Trinajstić information content (AvgIpc) is 1.60. The predicted octanol–water partition coefficient (Wildman–Crippen LogP) is 16.3. The first-order valence-electron chi connectivity index (χ1n) is 47.1. The van der Waals surface area contributed by atoms with Gasteiger partial charge in [-0.1, -0.05) is 30.3 Å². The number of rotatable bonds is 20. The number of aromatic nitrogens is 19. The number of piperazine rings is 3. The third kappa shape index (κ3) is 22.8. The minimum absolute atomic E-state index is 0.0142. The fraction of sp³-hybridized carbons (Fsp3) is 0.231. The van der Waals surface area contributed by atoms with Crippen LogP contribution >= 0.6 is 45.8 Å². The van der Waals surface area contributed by atoms with Crippen molar-refractivity contribution >= 4 is 118 Å². The Morgan fingerprint density at radius 1 is 0.354 bits per heavy atom. The molecule has 5 aliphatic rings. The van der Waals surface area contributed by atoms with Gasteiger partial charge in [0.1, 0.15) is 108 Å². The van der Waals surface area contributed by atoms with Crippen molar-refractivity contribution < 1.29 is 54.7 Å². The molecule has 15 heterocycles. The van der Waals surface area contributed by atoms with Crippen LogP contribution in [0.2, 0.25) is 0 Å². The number of aryl methyl sites for hydroxylation is 2. The topological polar surface area (TPSA) is 333 Å². The number of thiophene rings is 2. The Labute approximate surface area is 852 Å². The molecule has 0 radical (unpaired) electrons. The molecule has 1 N–H and O–H groups in total. The highest BCUT2D eigenvalue weighted by molar-refractivity contribution is 7.99. The summed E-state index contributed by atoms with van der Waals surface area (Å²) in [5.74, 6) is 4.24. The second kappa shape index (κ2) is 44.1. The van der Waals surface area contributed by atoms with E-state index in [1.54, 1.807) is 160 Å². The van der Waals surface area contributed by atoms with Gasteiger partial charge in [0.05, 0.1) is 31.9 Å². The van der Waals surface area contributed by atoms with E-state index in [9.17, 15) is 54.7 Å². The molecule has 3 fully saturated rings. The zero-order valence-electron chi connectivity index (χ0n) is 79.0. The van der Waals surface area contributed by atoms with E-state index < -0.39 is 0 Å². The summed E-state index contributed by atoms with van der Waals surface area (Å²) < 4.78 is 102. The Morgan fingerprint density at radius 2 is 0.735 bits per heavy atom. The molecule has 5 amide bonds. The second-order valence-electron chi connectivity index (χ2n) is 34.8. The molecule has 0 unspecified atom stereocenters. The Bertz CT molecular complexity index is 7550. The van der Waals surface area contributed by atoms with Gasteiger partial charge in [-0.15, -0.1) is 66.2 Å². The van der Waals surface area contributed by atoms with E-state index in [0.29, 0.717) is 201 Å². The Balaban J connectivity index is 0.000000119. The number of carbonyl (C=O) groups excluding carboxylic acids is 5. The maximum Gasteiger partial charge on any atom is 0.244 e. The summed E-state index contributed by atoms with van der Waals surface area (Å²) in [4.78, 5) is 131. The van der Waals surface area contributed by atoms with Gasteiger partial charge in [-0.2, -0.15) is 0 Å². The van der Waals surface area contributed by atoms with Crippen molar-refractivity contribution in [3.63, 3.8) is 0 Å². The van der Waals surface area contributed by atoms with Gasteiger partial charge in [-0.3, -0.25) is 24.0 Å². The quantitative estimate of drug-likeness (QED) is 0.0693. The van der Waals surface area contributed by atoms with Crippen LogP contribution in [0.25, 0.3) is 112 Å². The van der Waals surface area contributed by atoms with Crippen LogP contribution in [0, 0.1) is 47.6 Å². The zero-order chi connectivity index (χ0) is 101. The van der Waals surface area contributed by atoms with E-state index in [4.69, 9.17) is 4.98 Å². The largest absolute Gasteiger partial charge is 0.352 e. The number of benzene rings is 8. The fourth-order valence-corrected chi connectivity index (χ4v) is 21.3. The molecule has 5 aliphatic heterocycles. The average molecular weight is 2060 g/mol. The molecule has 43 heteroatoms. The number of anilines is 4. The molecule has 10 aromatic heterocycles. The number of halogens is 7. The number of hydrogen-bond donors (Lipinski definition) is 1. The van der Waals surface area contributed by atoms with E-state index >= 15 is 0 Å². The molecule has 744 valence electrons. The van der Waals surface area contributed by atoms with Crippen LogP contribution < -0.4 is 20.0 Å². The minimum Gasteiger partial charge on any atom is -0.352 e. The normalized spacial score (nSPS) is 14.1. The maximum atomic E-state index is 13.8. The summed E-state index contributed by atoms with van der Waals surface area (Å²) in [6.45, 7) is 11.5. The minimum atomic E-state index is -0.370. The van der Waals surface area contributed by atoms with Crippen molar-refractivity contribution in [2.45, 2.75) is 64.2 Å². The molecule has 23 rings (SSSR count). The summed E-state index contributed by atoms with van der Waals surface area (Å²) in [5.41, 5.74) is 8.75. The summed E-state index contributed by atoms with van der Waals surface area (Å²) in [6.07, 6.45) is 7.04. The number of thiazole rings is 1. The highest BCUT2D eigenvalue weighted by Gasteiger charge is 2.33. The van der Waals surface area contributed by atoms with Crippen molar-refractivity contribution in [1.82, 2.24) is 114 Å². The Hall–Kier alpha value is -16.3. The van der Waals surface area contributed by atoms with Gasteiger partial charge < -0.3 is 39.6 Å². The second-order valence-corrected chi connectivity index (χ2v) is 38.8. The van der Waals surface area contributed by atoms with E-state index in [-0.39, 0.29) is 96.4 Å². The molecule has 0 bridgehead atoms. The first-order chi connectivity index (χ1) is 71.5. The van der Waals surface area contributed by atoms with E-state index in [2.05, 4.69) is 90.3 Å². The number of thioether (sulfide) groups is 1. The van der Waals surface area contributed by atoms with Gasteiger partial charge in [0.2, 0.25) is 29.5 Å². The van der Waals surface area contributed by atoms with Gasteiger partial charge >= 0.3 is 0 Å².